The van der Waals surface area contributed by atoms with Gasteiger partial charge in [0.05, 0.1) is 0 Å². The zero-order valence-corrected chi connectivity index (χ0v) is 9.41. The van der Waals surface area contributed by atoms with Crippen LogP contribution in [-0.2, 0) is 4.74 Å². The number of benzene rings is 1. The molecule has 0 spiro atoms. The van der Waals surface area contributed by atoms with Crippen LogP contribution in [-0.4, -0.2) is 11.7 Å². The van der Waals surface area contributed by atoms with Crippen LogP contribution >= 0.6 is 0 Å². The zero-order chi connectivity index (χ0) is 12.2. The van der Waals surface area contributed by atoms with E-state index < -0.39 is 17.5 Å². The van der Waals surface area contributed by atoms with Crippen molar-refractivity contribution in [3.05, 3.63) is 30.1 Å². The molecule has 0 heterocycles. The summed E-state index contributed by atoms with van der Waals surface area (Å²) in [4.78, 5) is 16.0. The highest BCUT2D eigenvalue weighted by atomic mass is 19.1. The van der Waals surface area contributed by atoms with E-state index in [1.54, 1.807) is 20.8 Å². The summed E-state index contributed by atoms with van der Waals surface area (Å²) >= 11 is 0. The van der Waals surface area contributed by atoms with E-state index in [1.165, 1.54) is 18.2 Å². The van der Waals surface area contributed by atoms with E-state index in [-0.39, 0.29) is 5.75 Å². The van der Waals surface area contributed by atoms with Gasteiger partial charge in [-0.15, -0.1) is 0 Å². The van der Waals surface area contributed by atoms with E-state index in [4.69, 9.17) is 9.57 Å². The SMILES string of the molecule is CC(C)(C)OC(=O)NOc1cccc(F)c1. The number of hydroxylamine groups is 1. The number of hydrogen-bond acceptors (Lipinski definition) is 3. The first-order chi connectivity index (χ1) is 7.37. The van der Waals surface area contributed by atoms with Crippen molar-refractivity contribution >= 4 is 6.09 Å². The molecule has 0 radical (unpaired) electrons. The standard InChI is InChI=1S/C11H14FNO3/c1-11(2,3)15-10(14)13-16-9-6-4-5-8(12)7-9/h4-7H,1-3H3,(H,13,14). The second-order valence-electron chi connectivity index (χ2n) is 4.16. The highest BCUT2D eigenvalue weighted by Crippen LogP contribution is 2.11. The van der Waals surface area contributed by atoms with Crippen molar-refractivity contribution in [3.8, 4) is 5.75 Å². The number of rotatable bonds is 2. The van der Waals surface area contributed by atoms with E-state index in [0.29, 0.717) is 0 Å². The molecule has 1 aromatic rings. The van der Waals surface area contributed by atoms with Gasteiger partial charge in [-0.3, -0.25) is 0 Å². The van der Waals surface area contributed by atoms with E-state index >= 15 is 0 Å². The summed E-state index contributed by atoms with van der Waals surface area (Å²) in [5.74, 6) is -0.241. The summed E-state index contributed by atoms with van der Waals surface area (Å²) in [5.41, 5.74) is 1.45. The molecule has 0 aliphatic rings. The lowest BCUT2D eigenvalue weighted by Gasteiger charge is -2.19. The summed E-state index contributed by atoms with van der Waals surface area (Å²) in [7, 11) is 0. The lowest BCUT2D eigenvalue weighted by atomic mass is 10.2. The van der Waals surface area contributed by atoms with Gasteiger partial charge in [0.15, 0.2) is 5.75 Å². The molecule has 16 heavy (non-hydrogen) atoms. The quantitative estimate of drug-likeness (QED) is 0.790. The van der Waals surface area contributed by atoms with Gasteiger partial charge < -0.3 is 9.57 Å². The smallest absolute Gasteiger partial charge is 0.441 e. The third-order valence-electron chi connectivity index (χ3n) is 1.45. The molecule has 0 aromatic heterocycles. The van der Waals surface area contributed by atoms with Crippen molar-refractivity contribution in [1.82, 2.24) is 5.48 Å². The number of carbonyl (C=O) groups excluding carboxylic acids is 1. The summed E-state index contributed by atoms with van der Waals surface area (Å²) < 4.78 is 17.7. The van der Waals surface area contributed by atoms with Gasteiger partial charge in [-0.1, -0.05) is 6.07 Å². The maximum Gasteiger partial charge on any atom is 0.441 e. The highest BCUT2D eigenvalue weighted by molar-refractivity contribution is 5.66. The van der Waals surface area contributed by atoms with Crippen LogP contribution in [0.25, 0.3) is 0 Å². The molecule has 4 nitrogen and oxygen atoms in total. The molecule has 88 valence electrons. The van der Waals surface area contributed by atoms with Gasteiger partial charge in [0.25, 0.3) is 0 Å². The Balaban J connectivity index is 2.43. The number of halogens is 1. The van der Waals surface area contributed by atoms with Crippen LogP contribution in [0.15, 0.2) is 24.3 Å². The van der Waals surface area contributed by atoms with E-state index in [1.807, 2.05) is 0 Å². The number of nitrogens with one attached hydrogen (secondary N) is 1. The van der Waals surface area contributed by atoms with Crippen LogP contribution in [0.3, 0.4) is 0 Å². The first-order valence-electron chi connectivity index (χ1n) is 4.78. The number of hydrogen-bond donors (Lipinski definition) is 1. The lowest BCUT2D eigenvalue weighted by molar-refractivity contribution is 0.0287. The Kier molecular flexibility index (Phi) is 3.71. The summed E-state index contributed by atoms with van der Waals surface area (Å²) in [6.45, 7) is 5.19. The van der Waals surface area contributed by atoms with Gasteiger partial charge >= 0.3 is 6.09 Å². The Morgan fingerprint density at radius 2 is 2.06 bits per heavy atom. The molecule has 0 saturated carbocycles. The molecule has 0 atom stereocenters. The minimum atomic E-state index is -0.725. The Labute approximate surface area is 93.3 Å². The number of amides is 1. The molecule has 5 heteroatoms. The number of ether oxygens (including phenoxy) is 1. The summed E-state index contributed by atoms with van der Waals surface area (Å²) in [5, 5.41) is 0. The molecule has 0 aliphatic heterocycles. The van der Waals surface area contributed by atoms with Gasteiger partial charge in [-0.05, 0) is 32.9 Å². The fourth-order valence-electron chi connectivity index (χ4n) is 0.930. The topological polar surface area (TPSA) is 47.6 Å². The minimum Gasteiger partial charge on any atom is -0.442 e. The molecule has 0 unspecified atom stereocenters. The van der Waals surface area contributed by atoms with Crippen LogP contribution in [0.2, 0.25) is 0 Å². The lowest BCUT2D eigenvalue weighted by Crippen LogP contribution is -2.34. The third kappa shape index (κ3) is 4.63. The van der Waals surface area contributed by atoms with Crippen LogP contribution < -0.4 is 10.3 Å². The second-order valence-corrected chi connectivity index (χ2v) is 4.16. The molecule has 1 N–H and O–H groups in total. The monoisotopic (exact) mass is 227 g/mol. The number of carbonyl (C=O) groups is 1. The molecule has 1 amide bonds. The molecular formula is C11H14FNO3. The van der Waals surface area contributed by atoms with Gasteiger partial charge in [-0.2, -0.15) is 5.48 Å². The highest BCUT2D eigenvalue weighted by Gasteiger charge is 2.16. The van der Waals surface area contributed by atoms with E-state index in [2.05, 4.69) is 5.48 Å². The Morgan fingerprint density at radius 1 is 1.38 bits per heavy atom. The fourth-order valence-corrected chi connectivity index (χ4v) is 0.930. The molecule has 0 saturated heterocycles. The Hall–Kier alpha value is -1.78. The second kappa shape index (κ2) is 4.83. The normalized spacial score (nSPS) is 10.8. The molecular weight excluding hydrogens is 213 g/mol. The predicted octanol–water partition coefficient (Wildman–Crippen LogP) is 2.64. The predicted molar refractivity (Wildman–Crippen MR) is 56.4 cm³/mol. The third-order valence-corrected chi connectivity index (χ3v) is 1.45. The summed E-state index contributed by atoms with van der Waals surface area (Å²) in [6, 6.07) is 5.42. The summed E-state index contributed by atoms with van der Waals surface area (Å²) in [6.07, 6.45) is -0.725. The van der Waals surface area contributed by atoms with Crippen molar-refractivity contribution in [2.75, 3.05) is 0 Å². The van der Waals surface area contributed by atoms with Crippen molar-refractivity contribution in [2.45, 2.75) is 26.4 Å². The average molecular weight is 227 g/mol. The molecule has 0 fully saturated rings. The van der Waals surface area contributed by atoms with Crippen molar-refractivity contribution in [2.24, 2.45) is 0 Å². The molecule has 0 aliphatic carbocycles. The Morgan fingerprint density at radius 3 is 2.62 bits per heavy atom. The van der Waals surface area contributed by atoms with Gasteiger partial charge in [0, 0.05) is 6.07 Å². The Bertz CT molecular complexity index is 374. The van der Waals surface area contributed by atoms with Crippen molar-refractivity contribution in [1.29, 1.82) is 0 Å². The molecule has 1 rings (SSSR count). The van der Waals surface area contributed by atoms with Gasteiger partial charge in [0.2, 0.25) is 0 Å². The maximum atomic E-state index is 12.7. The van der Waals surface area contributed by atoms with E-state index in [9.17, 15) is 9.18 Å². The first kappa shape index (κ1) is 12.3. The van der Waals surface area contributed by atoms with Gasteiger partial charge in [0.1, 0.15) is 11.4 Å². The largest absolute Gasteiger partial charge is 0.442 e. The average Bonchev–Trinajstić information content (AvgIpc) is 2.12. The van der Waals surface area contributed by atoms with Gasteiger partial charge in [-0.25, -0.2) is 9.18 Å². The van der Waals surface area contributed by atoms with Crippen LogP contribution in [0, 0.1) is 5.82 Å². The zero-order valence-electron chi connectivity index (χ0n) is 9.41. The van der Waals surface area contributed by atoms with Crippen molar-refractivity contribution in [3.63, 3.8) is 0 Å². The van der Waals surface area contributed by atoms with Crippen LogP contribution in [0.5, 0.6) is 5.75 Å². The van der Waals surface area contributed by atoms with Crippen molar-refractivity contribution < 1.29 is 18.8 Å². The van der Waals surface area contributed by atoms with Crippen LogP contribution in [0.4, 0.5) is 9.18 Å². The molecule has 0 bridgehead atoms. The first-order valence-corrected chi connectivity index (χ1v) is 4.78. The maximum absolute atomic E-state index is 12.7. The van der Waals surface area contributed by atoms with E-state index in [0.717, 1.165) is 6.07 Å². The molecule has 1 aromatic carbocycles. The fraction of sp³-hybridized carbons (Fsp3) is 0.364. The van der Waals surface area contributed by atoms with Crippen LogP contribution in [0.1, 0.15) is 20.8 Å². The minimum absolute atomic E-state index is 0.200.